The second-order valence-electron chi connectivity index (χ2n) is 3.99. The normalized spacial score (nSPS) is 10.3. The van der Waals surface area contributed by atoms with Crippen molar-refractivity contribution in [3.8, 4) is 5.75 Å². The van der Waals surface area contributed by atoms with Crippen molar-refractivity contribution in [3.63, 3.8) is 0 Å². The molecule has 0 aromatic heterocycles. The predicted molar refractivity (Wildman–Crippen MR) is 81.9 cm³/mol. The van der Waals surface area contributed by atoms with E-state index in [0.717, 1.165) is 5.56 Å². The number of halogens is 3. The van der Waals surface area contributed by atoms with Crippen molar-refractivity contribution < 1.29 is 14.6 Å². The van der Waals surface area contributed by atoms with Crippen LogP contribution in [0.15, 0.2) is 40.9 Å². The van der Waals surface area contributed by atoms with Gasteiger partial charge in [-0.2, -0.15) is 0 Å². The van der Waals surface area contributed by atoms with Gasteiger partial charge in [0.15, 0.2) is 0 Å². The molecule has 0 aliphatic heterocycles. The Morgan fingerprint density at radius 1 is 1.20 bits per heavy atom. The fourth-order valence-electron chi connectivity index (χ4n) is 1.57. The average molecular weight is 376 g/mol. The lowest BCUT2D eigenvalue weighted by Crippen LogP contribution is -2.00. The first-order chi connectivity index (χ1) is 9.47. The third kappa shape index (κ3) is 3.66. The van der Waals surface area contributed by atoms with Gasteiger partial charge in [0.1, 0.15) is 12.4 Å². The highest BCUT2D eigenvalue weighted by atomic mass is 79.9. The van der Waals surface area contributed by atoms with E-state index in [0.29, 0.717) is 20.3 Å². The van der Waals surface area contributed by atoms with Gasteiger partial charge in [-0.3, -0.25) is 0 Å². The van der Waals surface area contributed by atoms with Crippen molar-refractivity contribution in [2.45, 2.75) is 6.61 Å². The molecule has 20 heavy (non-hydrogen) atoms. The summed E-state index contributed by atoms with van der Waals surface area (Å²) in [5, 5.41) is 9.84. The molecule has 2 aromatic carbocycles. The van der Waals surface area contributed by atoms with Crippen molar-refractivity contribution >= 4 is 45.1 Å². The van der Waals surface area contributed by atoms with E-state index in [-0.39, 0.29) is 12.2 Å². The highest BCUT2D eigenvalue weighted by Crippen LogP contribution is 2.34. The SMILES string of the molecule is O=C(O)c1cccc(COc2cc(Cl)c(Br)cc2Cl)c1. The molecule has 0 saturated heterocycles. The maximum Gasteiger partial charge on any atom is 0.335 e. The number of rotatable bonds is 4. The minimum absolute atomic E-state index is 0.207. The standard InChI is InChI=1S/C14H9BrCl2O3/c15-10-5-12(17)13(6-11(10)16)20-7-8-2-1-3-9(4-8)14(18)19/h1-6H,7H2,(H,18,19). The quantitative estimate of drug-likeness (QED) is 0.762. The fourth-order valence-corrected chi connectivity index (χ4v) is 2.42. The molecule has 0 saturated carbocycles. The van der Waals surface area contributed by atoms with E-state index in [1.165, 1.54) is 6.07 Å². The Hall–Kier alpha value is -1.23. The molecule has 6 heteroatoms. The number of carboxylic acids is 1. The van der Waals surface area contributed by atoms with Gasteiger partial charge in [0, 0.05) is 10.5 Å². The molecule has 1 N–H and O–H groups in total. The predicted octanol–water partition coefficient (Wildman–Crippen LogP) is 5.03. The number of aromatic carboxylic acids is 1. The fraction of sp³-hybridized carbons (Fsp3) is 0.0714. The highest BCUT2D eigenvalue weighted by molar-refractivity contribution is 9.10. The van der Waals surface area contributed by atoms with Crippen LogP contribution in [0.4, 0.5) is 0 Å². The first kappa shape index (κ1) is 15.2. The highest BCUT2D eigenvalue weighted by Gasteiger charge is 2.08. The third-order valence-corrected chi connectivity index (χ3v) is 4.04. The number of benzene rings is 2. The summed E-state index contributed by atoms with van der Waals surface area (Å²) in [4.78, 5) is 10.9. The Morgan fingerprint density at radius 3 is 2.65 bits per heavy atom. The summed E-state index contributed by atoms with van der Waals surface area (Å²) in [5.41, 5.74) is 0.950. The Labute approximate surface area is 134 Å². The second-order valence-corrected chi connectivity index (χ2v) is 5.66. The summed E-state index contributed by atoms with van der Waals surface area (Å²) < 4.78 is 6.25. The van der Waals surface area contributed by atoms with E-state index in [1.54, 1.807) is 30.3 Å². The Morgan fingerprint density at radius 2 is 1.95 bits per heavy atom. The van der Waals surface area contributed by atoms with Crippen LogP contribution in [0, 0.1) is 0 Å². The Kier molecular flexibility index (Phi) is 4.91. The van der Waals surface area contributed by atoms with Gasteiger partial charge in [-0.25, -0.2) is 4.79 Å². The van der Waals surface area contributed by atoms with Crippen LogP contribution >= 0.6 is 39.1 Å². The number of hydrogen-bond donors (Lipinski definition) is 1. The molecule has 3 nitrogen and oxygen atoms in total. The van der Waals surface area contributed by atoms with E-state index >= 15 is 0 Å². The van der Waals surface area contributed by atoms with Crippen LogP contribution in [-0.2, 0) is 6.61 Å². The number of ether oxygens (including phenoxy) is 1. The molecule has 104 valence electrons. The first-order valence-electron chi connectivity index (χ1n) is 5.57. The maximum absolute atomic E-state index is 10.9. The molecule has 0 atom stereocenters. The average Bonchev–Trinajstić information content (AvgIpc) is 2.41. The van der Waals surface area contributed by atoms with Gasteiger partial charge < -0.3 is 9.84 Å². The third-order valence-electron chi connectivity index (χ3n) is 2.54. The molecule has 0 aliphatic carbocycles. The number of hydrogen-bond acceptors (Lipinski definition) is 2. The van der Waals surface area contributed by atoms with E-state index in [1.807, 2.05) is 0 Å². The van der Waals surface area contributed by atoms with Crippen LogP contribution in [0.1, 0.15) is 15.9 Å². The van der Waals surface area contributed by atoms with E-state index in [4.69, 9.17) is 33.0 Å². The van der Waals surface area contributed by atoms with Crippen molar-refractivity contribution in [1.82, 2.24) is 0 Å². The lowest BCUT2D eigenvalue weighted by Gasteiger charge is -2.10. The summed E-state index contributed by atoms with van der Waals surface area (Å²) in [7, 11) is 0. The van der Waals surface area contributed by atoms with Crippen molar-refractivity contribution in [2.24, 2.45) is 0 Å². The molecule has 2 aromatic rings. The van der Waals surface area contributed by atoms with Crippen LogP contribution in [0.3, 0.4) is 0 Å². The number of carboxylic acid groups (broad SMARTS) is 1. The summed E-state index contributed by atoms with van der Waals surface area (Å²) in [5.74, 6) is -0.530. The van der Waals surface area contributed by atoms with Crippen molar-refractivity contribution in [2.75, 3.05) is 0 Å². The molecule has 0 radical (unpaired) electrons. The van der Waals surface area contributed by atoms with Crippen molar-refractivity contribution in [3.05, 3.63) is 62.0 Å². The van der Waals surface area contributed by atoms with Gasteiger partial charge in [-0.05, 0) is 39.7 Å². The van der Waals surface area contributed by atoms with Gasteiger partial charge in [-0.1, -0.05) is 35.3 Å². The van der Waals surface area contributed by atoms with E-state index in [9.17, 15) is 4.79 Å². The van der Waals surface area contributed by atoms with Crippen LogP contribution in [0.2, 0.25) is 10.0 Å². The Balaban J connectivity index is 2.15. The van der Waals surface area contributed by atoms with Crippen molar-refractivity contribution in [1.29, 1.82) is 0 Å². The monoisotopic (exact) mass is 374 g/mol. The minimum Gasteiger partial charge on any atom is -0.487 e. The van der Waals surface area contributed by atoms with E-state index in [2.05, 4.69) is 15.9 Å². The summed E-state index contributed by atoms with van der Waals surface area (Å²) in [6, 6.07) is 9.77. The molecule has 0 fully saturated rings. The summed E-state index contributed by atoms with van der Waals surface area (Å²) >= 11 is 15.3. The van der Waals surface area contributed by atoms with Gasteiger partial charge in [0.25, 0.3) is 0 Å². The number of carbonyl (C=O) groups is 1. The smallest absolute Gasteiger partial charge is 0.335 e. The summed E-state index contributed by atoms with van der Waals surface area (Å²) in [6.45, 7) is 0.207. The molecule has 0 spiro atoms. The topological polar surface area (TPSA) is 46.5 Å². The molecule has 0 bridgehead atoms. The zero-order valence-electron chi connectivity index (χ0n) is 10.1. The molecule has 0 unspecified atom stereocenters. The first-order valence-corrected chi connectivity index (χ1v) is 7.12. The zero-order valence-corrected chi connectivity index (χ0v) is 13.2. The molecule has 0 heterocycles. The largest absolute Gasteiger partial charge is 0.487 e. The molecule has 0 aliphatic rings. The second kappa shape index (κ2) is 6.48. The van der Waals surface area contributed by atoms with Gasteiger partial charge in [0.2, 0.25) is 0 Å². The lowest BCUT2D eigenvalue weighted by atomic mass is 10.1. The van der Waals surface area contributed by atoms with E-state index < -0.39 is 5.97 Å². The summed E-state index contributed by atoms with van der Waals surface area (Å²) in [6.07, 6.45) is 0. The molecular weight excluding hydrogens is 367 g/mol. The van der Waals surface area contributed by atoms with Crippen LogP contribution in [-0.4, -0.2) is 11.1 Å². The van der Waals surface area contributed by atoms with Crippen LogP contribution < -0.4 is 4.74 Å². The van der Waals surface area contributed by atoms with Crippen LogP contribution in [0.25, 0.3) is 0 Å². The minimum atomic E-state index is -0.975. The van der Waals surface area contributed by atoms with Gasteiger partial charge in [0.05, 0.1) is 15.6 Å². The zero-order chi connectivity index (χ0) is 14.7. The van der Waals surface area contributed by atoms with Gasteiger partial charge >= 0.3 is 5.97 Å². The Bertz CT molecular complexity index is 659. The molecule has 0 amide bonds. The van der Waals surface area contributed by atoms with Crippen LogP contribution in [0.5, 0.6) is 5.75 Å². The lowest BCUT2D eigenvalue weighted by molar-refractivity contribution is 0.0696. The van der Waals surface area contributed by atoms with Gasteiger partial charge in [-0.15, -0.1) is 0 Å². The molecular formula is C14H9BrCl2O3. The molecule has 2 rings (SSSR count). The maximum atomic E-state index is 10.9.